The summed E-state index contributed by atoms with van der Waals surface area (Å²) in [6.07, 6.45) is 1.81. The van der Waals surface area contributed by atoms with Crippen molar-refractivity contribution in [2.45, 2.75) is 64.1 Å². The van der Waals surface area contributed by atoms with Crippen molar-refractivity contribution >= 4 is 5.91 Å². The normalized spacial score (nSPS) is 23.2. The lowest BCUT2D eigenvalue weighted by molar-refractivity contribution is -0.134. The third-order valence-electron chi connectivity index (χ3n) is 6.94. The molecule has 1 fully saturated rings. The molecule has 2 atom stereocenters. The summed E-state index contributed by atoms with van der Waals surface area (Å²) >= 11 is 0. The van der Waals surface area contributed by atoms with Crippen LogP contribution in [-0.4, -0.2) is 44.9 Å². The fourth-order valence-electron chi connectivity index (χ4n) is 5.26. The monoisotopic (exact) mass is 382 g/mol. The van der Waals surface area contributed by atoms with E-state index in [1.165, 1.54) is 5.56 Å². The Balaban J connectivity index is 1.48. The standard InChI is InChI=1S/C22H30N4O2/c1-4-16-14(2)24-26(15(16)3)13-19(27)25-11-9-22(10-12-25)18-8-6-5-7-17(18)20(23)21(22)28/h5-8,20-21,28H,4,9-13,23H2,1-3H3/t20-,21+/m1/s1. The first kappa shape index (κ1) is 19.2. The van der Waals surface area contributed by atoms with Gasteiger partial charge in [-0.3, -0.25) is 9.48 Å². The number of aliphatic hydroxyl groups excluding tert-OH is 1. The van der Waals surface area contributed by atoms with Crippen LogP contribution in [0.25, 0.3) is 0 Å². The van der Waals surface area contributed by atoms with Gasteiger partial charge in [0.05, 0.1) is 17.8 Å². The molecule has 6 nitrogen and oxygen atoms in total. The van der Waals surface area contributed by atoms with Gasteiger partial charge in [0.1, 0.15) is 6.54 Å². The fourth-order valence-corrected chi connectivity index (χ4v) is 5.26. The minimum Gasteiger partial charge on any atom is -0.390 e. The zero-order chi connectivity index (χ0) is 20.1. The minimum absolute atomic E-state index is 0.0909. The molecule has 1 aliphatic heterocycles. The molecule has 1 aromatic heterocycles. The highest BCUT2D eigenvalue weighted by Gasteiger charge is 2.51. The zero-order valence-corrected chi connectivity index (χ0v) is 17.0. The second kappa shape index (κ2) is 7.01. The average molecular weight is 383 g/mol. The summed E-state index contributed by atoms with van der Waals surface area (Å²) in [4.78, 5) is 14.8. The largest absolute Gasteiger partial charge is 0.390 e. The molecule has 0 unspecified atom stereocenters. The highest BCUT2D eigenvalue weighted by Crippen LogP contribution is 2.49. The predicted octanol–water partition coefficient (Wildman–Crippen LogP) is 2.00. The van der Waals surface area contributed by atoms with E-state index in [1.807, 2.05) is 41.6 Å². The van der Waals surface area contributed by atoms with E-state index in [0.29, 0.717) is 13.1 Å². The number of amides is 1. The van der Waals surface area contributed by atoms with Crippen molar-refractivity contribution in [1.82, 2.24) is 14.7 Å². The van der Waals surface area contributed by atoms with Crippen molar-refractivity contribution in [2.24, 2.45) is 5.73 Å². The van der Waals surface area contributed by atoms with Crippen molar-refractivity contribution in [2.75, 3.05) is 13.1 Å². The number of carbonyl (C=O) groups is 1. The summed E-state index contributed by atoms with van der Waals surface area (Å²) in [6.45, 7) is 7.69. The Hall–Kier alpha value is -2.18. The van der Waals surface area contributed by atoms with Gasteiger partial charge >= 0.3 is 0 Å². The molecule has 1 aromatic carbocycles. The summed E-state index contributed by atoms with van der Waals surface area (Å²) in [7, 11) is 0. The van der Waals surface area contributed by atoms with Crippen LogP contribution in [0.2, 0.25) is 0 Å². The molecule has 1 amide bonds. The van der Waals surface area contributed by atoms with Crippen molar-refractivity contribution in [1.29, 1.82) is 0 Å². The number of aryl methyl sites for hydroxylation is 1. The molecule has 0 bridgehead atoms. The fraction of sp³-hybridized carbons (Fsp3) is 0.545. The van der Waals surface area contributed by atoms with Crippen LogP contribution in [0.4, 0.5) is 0 Å². The first-order chi connectivity index (χ1) is 13.4. The molecule has 4 rings (SSSR count). The Morgan fingerprint density at radius 3 is 2.61 bits per heavy atom. The van der Waals surface area contributed by atoms with E-state index in [2.05, 4.69) is 18.1 Å². The number of benzene rings is 1. The molecule has 2 aliphatic rings. The SMILES string of the molecule is CCc1c(C)nn(CC(=O)N2CCC3(CC2)c2ccccc2[C@@H](N)[C@@H]3O)c1C. The molecule has 2 heterocycles. The lowest BCUT2D eigenvalue weighted by Crippen LogP contribution is -2.50. The smallest absolute Gasteiger partial charge is 0.244 e. The Labute approximate surface area is 166 Å². The number of piperidine rings is 1. The van der Waals surface area contributed by atoms with Gasteiger partial charge in [-0.15, -0.1) is 0 Å². The van der Waals surface area contributed by atoms with Crippen molar-refractivity contribution in [3.05, 3.63) is 52.3 Å². The number of nitrogens with two attached hydrogens (primary N) is 1. The van der Waals surface area contributed by atoms with Gasteiger partial charge in [-0.1, -0.05) is 31.2 Å². The van der Waals surface area contributed by atoms with E-state index >= 15 is 0 Å². The molecule has 3 N–H and O–H groups in total. The van der Waals surface area contributed by atoms with E-state index < -0.39 is 6.10 Å². The molecule has 1 spiro atoms. The molecule has 1 saturated heterocycles. The third kappa shape index (κ3) is 2.78. The Morgan fingerprint density at radius 1 is 1.29 bits per heavy atom. The van der Waals surface area contributed by atoms with Crippen LogP contribution in [0.15, 0.2) is 24.3 Å². The number of hydrogen-bond donors (Lipinski definition) is 2. The number of hydrogen-bond acceptors (Lipinski definition) is 4. The maximum atomic E-state index is 12.9. The van der Waals surface area contributed by atoms with E-state index in [1.54, 1.807) is 0 Å². The number of rotatable bonds is 3. The number of carbonyl (C=O) groups excluding carboxylic acids is 1. The number of aromatic nitrogens is 2. The number of likely N-dealkylation sites (tertiary alicyclic amines) is 1. The maximum Gasteiger partial charge on any atom is 0.244 e. The molecule has 0 saturated carbocycles. The van der Waals surface area contributed by atoms with Gasteiger partial charge in [-0.2, -0.15) is 5.10 Å². The molecular formula is C22H30N4O2. The van der Waals surface area contributed by atoms with E-state index in [-0.39, 0.29) is 23.9 Å². The van der Waals surface area contributed by atoms with E-state index in [0.717, 1.165) is 41.8 Å². The van der Waals surface area contributed by atoms with Gasteiger partial charge in [0.15, 0.2) is 0 Å². The molecule has 6 heteroatoms. The summed E-state index contributed by atoms with van der Waals surface area (Å²) < 4.78 is 1.83. The Kier molecular flexibility index (Phi) is 4.79. The summed E-state index contributed by atoms with van der Waals surface area (Å²) in [5, 5.41) is 15.5. The van der Waals surface area contributed by atoms with E-state index in [9.17, 15) is 9.90 Å². The van der Waals surface area contributed by atoms with Gasteiger partial charge < -0.3 is 15.7 Å². The van der Waals surface area contributed by atoms with Gasteiger partial charge in [-0.25, -0.2) is 0 Å². The van der Waals surface area contributed by atoms with Gasteiger partial charge in [0.2, 0.25) is 5.91 Å². The van der Waals surface area contributed by atoms with Crippen LogP contribution < -0.4 is 5.73 Å². The predicted molar refractivity (Wildman–Crippen MR) is 108 cm³/mol. The van der Waals surface area contributed by atoms with Crippen LogP contribution >= 0.6 is 0 Å². The zero-order valence-electron chi connectivity index (χ0n) is 17.0. The van der Waals surface area contributed by atoms with Crippen LogP contribution in [-0.2, 0) is 23.2 Å². The molecular weight excluding hydrogens is 352 g/mol. The molecule has 150 valence electrons. The van der Waals surface area contributed by atoms with Crippen LogP contribution in [0.3, 0.4) is 0 Å². The molecule has 1 aliphatic carbocycles. The van der Waals surface area contributed by atoms with Crippen LogP contribution in [0, 0.1) is 13.8 Å². The van der Waals surface area contributed by atoms with Crippen molar-refractivity contribution in [3.63, 3.8) is 0 Å². The number of fused-ring (bicyclic) bond motifs is 2. The van der Waals surface area contributed by atoms with Crippen LogP contribution in [0.5, 0.6) is 0 Å². The number of aliphatic hydroxyl groups is 1. The van der Waals surface area contributed by atoms with Gasteiger partial charge in [0, 0.05) is 24.2 Å². The second-order valence-electron chi connectivity index (χ2n) is 8.26. The third-order valence-corrected chi connectivity index (χ3v) is 6.94. The Bertz CT molecular complexity index is 896. The first-order valence-corrected chi connectivity index (χ1v) is 10.2. The minimum atomic E-state index is -0.592. The van der Waals surface area contributed by atoms with E-state index in [4.69, 9.17) is 5.73 Å². The van der Waals surface area contributed by atoms with Gasteiger partial charge in [-0.05, 0) is 49.8 Å². The summed E-state index contributed by atoms with van der Waals surface area (Å²) in [5.41, 5.74) is 11.5. The lowest BCUT2D eigenvalue weighted by Gasteiger charge is -2.42. The van der Waals surface area contributed by atoms with Gasteiger partial charge in [0.25, 0.3) is 0 Å². The molecule has 28 heavy (non-hydrogen) atoms. The first-order valence-electron chi connectivity index (χ1n) is 10.2. The highest BCUT2D eigenvalue weighted by atomic mass is 16.3. The maximum absolute atomic E-state index is 12.9. The molecule has 2 aromatic rings. The van der Waals surface area contributed by atoms with Crippen molar-refractivity contribution in [3.8, 4) is 0 Å². The summed E-state index contributed by atoms with van der Waals surface area (Å²) in [5.74, 6) is 0.0909. The quantitative estimate of drug-likeness (QED) is 0.850. The Morgan fingerprint density at radius 2 is 1.96 bits per heavy atom. The van der Waals surface area contributed by atoms with Crippen LogP contribution in [0.1, 0.15) is 53.9 Å². The topological polar surface area (TPSA) is 84.4 Å². The summed E-state index contributed by atoms with van der Waals surface area (Å²) in [6, 6.07) is 7.74. The second-order valence-corrected chi connectivity index (χ2v) is 8.26. The molecule has 0 radical (unpaired) electrons. The lowest BCUT2D eigenvalue weighted by atomic mass is 9.72. The van der Waals surface area contributed by atoms with Crippen molar-refractivity contribution < 1.29 is 9.90 Å². The highest BCUT2D eigenvalue weighted by molar-refractivity contribution is 5.76. The number of nitrogens with zero attached hydrogens (tertiary/aromatic N) is 3. The average Bonchev–Trinajstić information content (AvgIpc) is 3.09.